The second kappa shape index (κ2) is 13.4. The molecule has 1 aliphatic rings. The lowest BCUT2D eigenvalue weighted by atomic mass is 9.97. The second-order valence-electron chi connectivity index (χ2n) is 9.83. The molecule has 1 amide bonds. The van der Waals surface area contributed by atoms with Gasteiger partial charge in [-0.25, -0.2) is 0 Å². The number of benzene rings is 2. The molecule has 212 valence electrons. The number of aliphatic hydroxyl groups is 4. The number of anilines is 1. The number of fused-ring (bicyclic) bond motifs is 1. The number of ether oxygens (including phenoxy) is 1. The van der Waals surface area contributed by atoms with Gasteiger partial charge in [-0.05, 0) is 65.6 Å². The Morgan fingerprint density at radius 1 is 1.05 bits per heavy atom. The monoisotopic (exact) mass is 565 g/mol. The Kier molecular flexibility index (Phi) is 9.92. The van der Waals surface area contributed by atoms with E-state index in [4.69, 9.17) is 4.74 Å². The predicted octanol–water partition coefficient (Wildman–Crippen LogP) is 3.02. The van der Waals surface area contributed by atoms with Crippen molar-refractivity contribution in [3.63, 3.8) is 0 Å². The minimum atomic E-state index is -1.67. The Hall–Kier alpha value is -3.30. The van der Waals surface area contributed by atoms with Crippen molar-refractivity contribution in [2.24, 2.45) is 0 Å². The molecule has 1 aliphatic heterocycles. The molecule has 0 spiro atoms. The summed E-state index contributed by atoms with van der Waals surface area (Å²) in [5, 5.41) is 53.9. The average molecular weight is 566 g/mol. The van der Waals surface area contributed by atoms with E-state index in [0.717, 1.165) is 47.1 Å². The normalized spacial score (nSPS) is 23.1. The first-order valence-corrected chi connectivity index (χ1v) is 14.2. The van der Waals surface area contributed by atoms with Crippen LogP contribution in [0, 0.1) is 11.3 Å². The summed E-state index contributed by atoms with van der Waals surface area (Å²) in [5.41, 5.74) is 2.00. The average Bonchev–Trinajstić information content (AvgIpc) is 3.43. The maximum atomic E-state index is 12.8. The number of nitriles is 1. The van der Waals surface area contributed by atoms with Crippen LogP contribution in [0.5, 0.6) is 0 Å². The van der Waals surface area contributed by atoms with E-state index in [1.807, 2.05) is 18.2 Å². The summed E-state index contributed by atoms with van der Waals surface area (Å²) in [4.78, 5) is 16.8. The molecule has 1 saturated heterocycles. The van der Waals surface area contributed by atoms with Gasteiger partial charge < -0.3 is 35.4 Å². The van der Waals surface area contributed by atoms with E-state index in [9.17, 15) is 30.5 Å². The first kappa shape index (κ1) is 29.7. The predicted molar refractivity (Wildman–Crippen MR) is 156 cm³/mol. The van der Waals surface area contributed by atoms with Crippen LogP contribution in [0.3, 0.4) is 0 Å². The van der Waals surface area contributed by atoms with Crippen LogP contribution in [0.15, 0.2) is 54.1 Å². The fourth-order valence-corrected chi connectivity index (χ4v) is 5.80. The van der Waals surface area contributed by atoms with E-state index >= 15 is 0 Å². The van der Waals surface area contributed by atoms with Crippen molar-refractivity contribution in [1.82, 2.24) is 5.32 Å². The van der Waals surface area contributed by atoms with Crippen molar-refractivity contribution in [2.45, 2.75) is 57.3 Å². The minimum absolute atomic E-state index is 0.235. The first-order chi connectivity index (χ1) is 19.3. The van der Waals surface area contributed by atoms with Crippen LogP contribution in [0.1, 0.15) is 31.6 Å². The lowest BCUT2D eigenvalue weighted by molar-refractivity contribution is -0.253. The van der Waals surface area contributed by atoms with Gasteiger partial charge in [0, 0.05) is 28.5 Å². The number of hydrogen-bond acceptors (Lipinski definition) is 9. The highest BCUT2D eigenvalue weighted by Gasteiger charge is 2.44. The third kappa shape index (κ3) is 6.53. The number of aliphatic hydroxyl groups excluding tert-OH is 4. The summed E-state index contributed by atoms with van der Waals surface area (Å²) in [5.74, 6) is -0.833. The quantitative estimate of drug-likeness (QED) is 0.186. The van der Waals surface area contributed by atoms with Crippen LogP contribution in [-0.2, 0) is 9.53 Å². The SMILES string of the molecule is CCCN(CCC)c1ccc2cc(-c3ccc(/C=C(\C#N)C(=O)N[C@H]4C(O)O[C@H](CO)[C@@H](O)[C@@H]4O)s3)ccc2c1. The molecule has 0 aliphatic carbocycles. The molecule has 9 nitrogen and oxygen atoms in total. The smallest absolute Gasteiger partial charge is 0.262 e. The lowest BCUT2D eigenvalue weighted by Crippen LogP contribution is -2.64. The van der Waals surface area contributed by atoms with Crippen molar-refractivity contribution in [3.05, 3.63) is 59.0 Å². The molecule has 0 saturated carbocycles. The van der Waals surface area contributed by atoms with Gasteiger partial charge in [0.1, 0.15) is 36.0 Å². The third-order valence-electron chi connectivity index (χ3n) is 6.94. The Balaban J connectivity index is 1.50. The summed E-state index contributed by atoms with van der Waals surface area (Å²) in [7, 11) is 0. The van der Waals surface area contributed by atoms with Gasteiger partial charge in [0.15, 0.2) is 6.29 Å². The molecule has 5 atom stereocenters. The number of hydrogen-bond donors (Lipinski definition) is 5. The van der Waals surface area contributed by atoms with Crippen LogP contribution in [-0.4, -0.2) is 76.7 Å². The summed E-state index contributed by atoms with van der Waals surface area (Å²) < 4.78 is 5.06. The summed E-state index contributed by atoms with van der Waals surface area (Å²) in [6, 6.07) is 17.0. The van der Waals surface area contributed by atoms with Gasteiger partial charge in [-0.2, -0.15) is 5.26 Å². The van der Waals surface area contributed by atoms with E-state index in [-0.39, 0.29) is 5.57 Å². The lowest BCUT2D eigenvalue weighted by Gasteiger charge is -2.40. The Bertz CT molecular complexity index is 1390. The number of thiophene rings is 1. The highest BCUT2D eigenvalue weighted by Crippen LogP contribution is 2.33. The van der Waals surface area contributed by atoms with Crippen molar-refractivity contribution in [1.29, 1.82) is 5.26 Å². The van der Waals surface area contributed by atoms with E-state index in [1.54, 1.807) is 0 Å². The molecule has 10 heteroatoms. The van der Waals surface area contributed by atoms with E-state index in [1.165, 1.54) is 23.1 Å². The number of carbonyl (C=O) groups excluding carboxylic acids is 1. The standard InChI is InChI=1S/C30H35N3O6S/c1-3-11-33(12-4-2)22-8-7-18-13-20(6-5-19(18)14-22)25-10-9-23(40-25)15-21(16-31)29(37)32-26-28(36)27(35)24(17-34)39-30(26)38/h5-10,13-15,24,26-28,30,34-36,38H,3-4,11-12,17H2,1-2H3,(H,32,37)/b21-15+/t24-,26-,27-,28-,30?/m1/s1. The van der Waals surface area contributed by atoms with Gasteiger partial charge in [-0.15, -0.1) is 11.3 Å². The topological polar surface area (TPSA) is 146 Å². The summed E-state index contributed by atoms with van der Waals surface area (Å²) >= 11 is 1.42. The zero-order chi connectivity index (χ0) is 28.8. The molecular weight excluding hydrogens is 530 g/mol. The number of carbonyl (C=O) groups is 1. The van der Waals surface area contributed by atoms with Crippen LogP contribution in [0.25, 0.3) is 27.3 Å². The number of amides is 1. The van der Waals surface area contributed by atoms with Crippen molar-refractivity contribution >= 4 is 39.8 Å². The highest BCUT2D eigenvalue weighted by molar-refractivity contribution is 7.16. The third-order valence-corrected chi connectivity index (χ3v) is 8.02. The summed E-state index contributed by atoms with van der Waals surface area (Å²) in [6.07, 6.45) is -2.36. The Morgan fingerprint density at radius 3 is 2.42 bits per heavy atom. The molecule has 1 fully saturated rings. The maximum absolute atomic E-state index is 12.8. The molecule has 2 heterocycles. The zero-order valence-corrected chi connectivity index (χ0v) is 23.3. The molecule has 2 aromatic carbocycles. The molecule has 40 heavy (non-hydrogen) atoms. The largest absolute Gasteiger partial charge is 0.394 e. The Labute approximate surface area is 237 Å². The van der Waals surface area contributed by atoms with E-state index in [0.29, 0.717) is 4.88 Å². The van der Waals surface area contributed by atoms with E-state index < -0.39 is 43.2 Å². The fraction of sp³-hybridized carbons (Fsp3) is 0.400. The molecule has 0 bridgehead atoms. The van der Waals surface area contributed by atoms with Crippen LogP contribution < -0.4 is 10.2 Å². The molecule has 0 radical (unpaired) electrons. The van der Waals surface area contributed by atoms with Crippen LogP contribution in [0.2, 0.25) is 0 Å². The number of nitrogens with one attached hydrogen (secondary N) is 1. The van der Waals surface area contributed by atoms with Gasteiger partial charge in [-0.1, -0.05) is 32.0 Å². The van der Waals surface area contributed by atoms with E-state index in [2.05, 4.69) is 60.5 Å². The maximum Gasteiger partial charge on any atom is 0.262 e. The van der Waals surface area contributed by atoms with Gasteiger partial charge in [0.25, 0.3) is 5.91 Å². The molecule has 1 unspecified atom stereocenters. The van der Waals surface area contributed by atoms with Gasteiger partial charge in [-0.3, -0.25) is 4.79 Å². The van der Waals surface area contributed by atoms with Gasteiger partial charge in [0.05, 0.1) is 6.61 Å². The summed E-state index contributed by atoms with van der Waals surface area (Å²) in [6.45, 7) is 5.80. The molecule has 1 aromatic heterocycles. The molecule has 5 N–H and O–H groups in total. The minimum Gasteiger partial charge on any atom is -0.394 e. The van der Waals surface area contributed by atoms with Crippen LogP contribution >= 0.6 is 11.3 Å². The second-order valence-corrected chi connectivity index (χ2v) is 10.9. The Morgan fingerprint density at radius 2 is 1.75 bits per heavy atom. The van der Waals surface area contributed by atoms with Crippen molar-refractivity contribution < 1.29 is 30.0 Å². The fourth-order valence-electron chi connectivity index (χ4n) is 4.85. The molecule has 3 aromatic rings. The highest BCUT2D eigenvalue weighted by atomic mass is 32.1. The van der Waals surface area contributed by atoms with Gasteiger partial charge in [0.2, 0.25) is 0 Å². The van der Waals surface area contributed by atoms with Gasteiger partial charge >= 0.3 is 0 Å². The number of nitrogens with zero attached hydrogens (tertiary/aromatic N) is 2. The number of rotatable bonds is 10. The van der Waals surface area contributed by atoms with Crippen LogP contribution in [0.4, 0.5) is 5.69 Å². The molecular formula is C30H35N3O6S. The van der Waals surface area contributed by atoms with Crippen molar-refractivity contribution in [3.8, 4) is 16.5 Å². The zero-order valence-electron chi connectivity index (χ0n) is 22.5. The first-order valence-electron chi connectivity index (χ1n) is 13.4. The molecule has 4 rings (SSSR count). The van der Waals surface area contributed by atoms with Crippen molar-refractivity contribution in [2.75, 3.05) is 24.6 Å².